The maximum Gasteiger partial charge on any atom is 0.270 e. The number of non-ortho nitro benzene ring substituents is 1. The predicted molar refractivity (Wildman–Crippen MR) is 75.3 cm³/mol. The fraction of sp³-hybridized carbons (Fsp3) is 0.500. The molecule has 6 nitrogen and oxygen atoms in total. The maximum absolute atomic E-state index is 12.6. The Labute approximate surface area is 122 Å². The van der Waals surface area contributed by atoms with E-state index in [9.17, 15) is 18.5 Å². The van der Waals surface area contributed by atoms with Crippen LogP contribution in [-0.4, -0.2) is 30.2 Å². The SMILES string of the molecule is C[C@@H]1CCCCN1S(=O)(=O)c1cc([N+](=O)[O-])ccc1Cl. The second-order valence-electron chi connectivity index (χ2n) is 4.83. The van der Waals surface area contributed by atoms with Crippen LogP contribution in [0.2, 0.25) is 5.02 Å². The first-order chi connectivity index (χ1) is 9.34. The molecule has 0 saturated carbocycles. The van der Waals surface area contributed by atoms with E-state index >= 15 is 0 Å². The fourth-order valence-electron chi connectivity index (χ4n) is 2.36. The number of hydrogen-bond acceptors (Lipinski definition) is 4. The van der Waals surface area contributed by atoms with Crippen LogP contribution in [0, 0.1) is 10.1 Å². The molecule has 1 atom stereocenters. The molecule has 1 saturated heterocycles. The Balaban J connectivity index is 2.48. The van der Waals surface area contributed by atoms with E-state index in [0.717, 1.165) is 25.3 Å². The molecule has 0 N–H and O–H groups in total. The average molecular weight is 319 g/mol. The van der Waals surface area contributed by atoms with E-state index in [4.69, 9.17) is 11.6 Å². The second kappa shape index (κ2) is 5.67. The molecule has 20 heavy (non-hydrogen) atoms. The van der Waals surface area contributed by atoms with Crippen LogP contribution in [0.5, 0.6) is 0 Å². The van der Waals surface area contributed by atoms with Gasteiger partial charge in [-0.25, -0.2) is 8.42 Å². The zero-order valence-electron chi connectivity index (χ0n) is 11.0. The third-order valence-corrected chi connectivity index (χ3v) is 5.95. The number of sulfonamides is 1. The van der Waals surface area contributed by atoms with E-state index in [1.165, 1.54) is 16.4 Å². The van der Waals surface area contributed by atoms with Gasteiger partial charge in [-0.15, -0.1) is 0 Å². The Morgan fingerprint density at radius 1 is 1.40 bits per heavy atom. The maximum atomic E-state index is 12.6. The van der Waals surface area contributed by atoms with Crippen molar-refractivity contribution < 1.29 is 13.3 Å². The molecule has 1 heterocycles. The first kappa shape index (κ1) is 15.2. The summed E-state index contributed by atoms with van der Waals surface area (Å²) in [5.41, 5.74) is -0.280. The highest BCUT2D eigenvalue weighted by atomic mass is 35.5. The molecule has 8 heteroatoms. The molecule has 1 aliphatic heterocycles. The Hall–Kier alpha value is -1.18. The Kier molecular flexibility index (Phi) is 4.31. The van der Waals surface area contributed by atoms with E-state index in [-0.39, 0.29) is 21.6 Å². The number of piperidine rings is 1. The molecule has 0 aromatic heterocycles. The standard InChI is InChI=1S/C12H15ClN2O4S/c1-9-4-2-3-7-14(9)20(18,19)12-8-10(15(16)17)5-6-11(12)13/h5-6,8-9H,2-4,7H2,1H3/t9-/m1/s1. The summed E-state index contributed by atoms with van der Waals surface area (Å²) < 4.78 is 26.6. The van der Waals surface area contributed by atoms with Crippen molar-refractivity contribution in [1.82, 2.24) is 4.31 Å². The highest BCUT2D eigenvalue weighted by molar-refractivity contribution is 7.89. The summed E-state index contributed by atoms with van der Waals surface area (Å²) in [6, 6.07) is 3.35. The molecular weight excluding hydrogens is 304 g/mol. The van der Waals surface area contributed by atoms with Gasteiger partial charge >= 0.3 is 0 Å². The molecule has 0 amide bonds. The molecular formula is C12H15ClN2O4S. The lowest BCUT2D eigenvalue weighted by atomic mass is 10.1. The summed E-state index contributed by atoms with van der Waals surface area (Å²) in [5.74, 6) is 0. The summed E-state index contributed by atoms with van der Waals surface area (Å²) in [6.45, 7) is 2.25. The lowest BCUT2D eigenvalue weighted by Gasteiger charge is -2.32. The Morgan fingerprint density at radius 2 is 2.10 bits per heavy atom. The Bertz CT molecular complexity index is 632. The van der Waals surface area contributed by atoms with Crippen molar-refractivity contribution in [2.24, 2.45) is 0 Å². The van der Waals surface area contributed by atoms with Gasteiger partial charge in [-0.05, 0) is 25.8 Å². The number of halogens is 1. The van der Waals surface area contributed by atoms with Crippen molar-refractivity contribution in [3.8, 4) is 0 Å². The van der Waals surface area contributed by atoms with Gasteiger partial charge in [0, 0.05) is 24.7 Å². The minimum atomic E-state index is -3.80. The molecule has 0 bridgehead atoms. The molecule has 110 valence electrons. The van der Waals surface area contributed by atoms with Gasteiger partial charge in [0.05, 0.1) is 9.95 Å². The largest absolute Gasteiger partial charge is 0.270 e. The van der Waals surface area contributed by atoms with Gasteiger partial charge in [-0.3, -0.25) is 10.1 Å². The van der Waals surface area contributed by atoms with Crippen molar-refractivity contribution in [2.75, 3.05) is 6.54 Å². The number of hydrogen-bond donors (Lipinski definition) is 0. The summed E-state index contributed by atoms with van der Waals surface area (Å²) in [4.78, 5) is 9.96. The number of nitrogens with zero attached hydrogens (tertiary/aromatic N) is 2. The monoisotopic (exact) mass is 318 g/mol. The zero-order chi connectivity index (χ0) is 14.9. The number of nitro groups is 1. The van der Waals surface area contributed by atoms with Crippen molar-refractivity contribution in [3.05, 3.63) is 33.3 Å². The summed E-state index contributed by atoms with van der Waals surface area (Å²) in [5, 5.41) is 10.8. The minimum Gasteiger partial charge on any atom is -0.258 e. The van der Waals surface area contributed by atoms with E-state index in [2.05, 4.69) is 0 Å². The quantitative estimate of drug-likeness (QED) is 0.634. The van der Waals surface area contributed by atoms with Gasteiger partial charge in [0.2, 0.25) is 10.0 Å². The number of benzene rings is 1. The van der Waals surface area contributed by atoms with Gasteiger partial charge in [-0.1, -0.05) is 18.0 Å². The smallest absolute Gasteiger partial charge is 0.258 e. The molecule has 1 aromatic carbocycles. The highest BCUT2D eigenvalue weighted by Gasteiger charge is 2.33. The van der Waals surface area contributed by atoms with E-state index in [0.29, 0.717) is 6.54 Å². The predicted octanol–water partition coefficient (Wildman–Crippen LogP) is 2.81. The van der Waals surface area contributed by atoms with Gasteiger partial charge in [-0.2, -0.15) is 4.31 Å². The highest BCUT2D eigenvalue weighted by Crippen LogP contribution is 2.31. The van der Waals surface area contributed by atoms with E-state index in [1.807, 2.05) is 6.92 Å². The molecule has 1 aliphatic rings. The lowest BCUT2D eigenvalue weighted by molar-refractivity contribution is -0.385. The van der Waals surface area contributed by atoms with Crippen LogP contribution in [0.4, 0.5) is 5.69 Å². The number of nitro benzene ring substituents is 1. The Morgan fingerprint density at radius 3 is 2.70 bits per heavy atom. The first-order valence-electron chi connectivity index (χ1n) is 6.30. The molecule has 2 rings (SSSR count). The third-order valence-electron chi connectivity index (χ3n) is 3.45. The van der Waals surface area contributed by atoms with E-state index in [1.54, 1.807) is 0 Å². The van der Waals surface area contributed by atoms with Crippen molar-refractivity contribution in [3.63, 3.8) is 0 Å². The van der Waals surface area contributed by atoms with Crippen LogP contribution >= 0.6 is 11.6 Å². The average Bonchev–Trinajstić information content (AvgIpc) is 2.39. The van der Waals surface area contributed by atoms with Crippen LogP contribution in [0.15, 0.2) is 23.1 Å². The number of rotatable bonds is 3. The normalized spacial score (nSPS) is 20.8. The van der Waals surface area contributed by atoms with Crippen molar-refractivity contribution in [1.29, 1.82) is 0 Å². The van der Waals surface area contributed by atoms with Gasteiger partial charge in [0.25, 0.3) is 5.69 Å². The first-order valence-corrected chi connectivity index (χ1v) is 8.11. The topological polar surface area (TPSA) is 80.5 Å². The van der Waals surface area contributed by atoms with Crippen LogP contribution < -0.4 is 0 Å². The lowest BCUT2D eigenvalue weighted by Crippen LogP contribution is -2.42. The van der Waals surface area contributed by atoms with Crippen LogP contribution in [0.25, 0.3) is 0 Å². The van der Waals surface area contributed by atoms with Crippen LogP contribution in [-0.2, 0) is 10.0 Å². The van der Waals surface area contributed by atoms with Crippen LogP contribution in [0.1, 0.15) is 26.2 Å². The zero-order valence-corrected chi connectivity index (χ0v) is 12.5. The fourth-order valence-corrected chi connectivity index (χ4v) is 4.55. The van der Waals surface area contributed by atoms with Gasteiger partial charge in [0.15, 0.2) is 0 Å². The van der Waals surface area contributed by atoms with Crippen molar-refractivity contribution >= 4 is 27.3 Å². The summed E-state index contributed by atoms with van der Waals surface area (Å²) in [6.07, 6.45) is 2.55. The molecule has 1 fully saturated rings. The molecule has 0 spiro atoms. The second-order valence-corrected chi connectivity index (χ2v) is 7.10. The van der Waals surface area contributed by atoms with Crippen LogP contribution in [0.3, 0.4) is 0 Å². The molecule has 0 aliphatic carbocycles. The van der Waals surface area contributed by atoms with Crippen molar-refractivity contribution in [2.45, 2.75) is 37.1 Å². The molecule has 0 unspecified atom stereocenters. The summed E-state index contributed by atoms with van der Waals surface area (Å²) >= 11 is 5.92. The van der Waals surface area contributed by atoms with Gasteiger partial charge < -0.3 is 0 Å². The molecule has 1 aromatic rings. The minimum absolute atomic E-state index is 0.00775. The molecule has 0 radical (unpaired) electrons. The van der Waals surface area contributed by atoms with E-state index < -0.39 is 14.9 Å². The summed E-state index contributed by atoms with van der Waals surface area (Å²) in [7, 11) is -3.80. The van der Waals surface area contributed by atoms with Gasteiger partial charge in [0.1, 0.15) is 4.90 Å². The third kappa shape index (κ3) is 2.79.